The minimum atomic E-state index is -0.809. The van der Waals surface area contributed by atoms with Crippen molar-refractivity contribution < 1.29 is 19.4 Å². The number of benzene rings is 1. The molecule has 0 saturated carbocycles. The Kier molecular flexibility index (Phi) is 6.52. The molecule has 0 saturated heterocycles. The smallest absolute Gasteiger partial charge is 0.411 e. The molecule has 1 aromatic carbocycles. The first-order valence-corrected chi connectivity index (χ1v) is 6.59. The van der Waals surface area contributed by atoms with Gasteiger partial charge in [-0.25, -0.2) is 4.79 Å². The van der Waals surface area contributed by atoms with Crippen LogP contribution in [0.15, 0.2) is 41.8 Å². The first-order valence-electron chi connectivity index (χ1n) is 5.61. The van der Waals surface area contributed by atoms with Gasteiger partial charge in [-0.05, 0) is 24.3 Å². The molecule has 6 heteroatoms. The summed E-state index contributed by atoms with van der Waals surface area (Å²) in [7, 11) is 0. The molecule has 5 nitrogen and oxygen atoms in total. The van der Waals surface area contributed by atoms with Gasteiger partial charge < -0.3 is 9.84 Å². The molecule has 0 bridgehead atoms. The Morgan fingerprint density at radius 1 is 1.37 bits per heavy atom. The van der Waals surface area contributed by atoms with Gasteiger partial charge in [-0.3, -0.25) is 10.1 Å². The van der Waals surface area contributed by atoms with Crippen LogP contribution < -0.4 is 5.32 Å². The highest BCUT2D eigenvalue weighted by molar-refractivity contribution is 7.99. The summed E-state index contributed by atoms with van der Waals surface area (Å²) in [6, 6.07) is 7.10. The lowest BCUT2D eigenvalue weighted by atomic mass is 10.3. The maximum absolute atomic E-state index is 11.3. The molecule has 0 heterocycles. The van der Waals surface area contributed by atoms with Gasteiger partial charge in [0.25, 0.3) is 0 Å². The molecule has 1 aromatic rings. The van der Waals surface area contributed by atoms with Crippen molar-refractivity contribution in [2.75, 3.05) is 17.7 Å². The maximum Gasteiger partial charge on any atom is 0.411 e. The number of anilines is 1. The van der Waals surface area contributed by atoms with Crippen molar-refractivity contribution in [1.82, 2.24) is 0 Å². The molecule has 1 amide bonds. The van der Waals surface area contributed by atoms with Crippen LogP contribution in [0.25, 0.3) is 0 Å². The van der Waals surface area contributed by atoms with Gasteiger partial charge in [0, 0.05) is 16.3 Å². The van der Waals surface area contributed by atoms with Crippen LogP contribution in [0.3, 0.4) is 0 Å². The fraction of sp³-hybridized carbons (Fsp3) is 0.231. The third-order valence-corrected chi connectivity index (χ3v) is 3.03. The normalized spacial score (nSPS) is 9.68. The number of rotatable bonds is 7. The first kappa shape index (κ1) is 15.1. The zero-order chi connectivity index (χ0) is 14.1. The number of hydrogen-bond acceptors (Lipinski definition) is 4. The number of nitrogens with one attached hydrogen (secondary N) is 1. The van der Waals surface area contributed by atoms with E-state index in [1.54, 1.807) is 12.1 Å². The second kappa shape index (κ2) is 8.20. The summed E-state index contributed by atoms with van der Waals surface area (Å²) in [5.74, 6) is -0.292. The number of carbonyl (C=O) groups excluding carboxylic acids is 1. The van der Waals surface area contributed by atoms with Gasteiger partial charge in [-0.2, -0.15) is 0 Å². The lowest BCUT2D eigenvalue weighted by Gasteiger charge is -2.06. The number of ether oxygens (including phenoxy) is 1. The van der Waals surface area contributed by atoms with E-state index in [4.69, 9.17) is 9.84 Å². The van der Waals surface area contributed by atoms with Gasteiger partial charge in [0.15, 0.2) is 0 Å². The minimum Gasteiger partial charge on any atom is -0.481 e. The van der Waals surface area contributed by atoms with Crippen LogP contribution in [0.1, 0.15) is 6.42 Å². The molecule has 0 radical (unpaired) electrons. The van der Waals surface area contributed by atoms with E-state index < -0.39 is 12.1 Å². The largest absolute Gasteiger partial charge is 0.481 e. The summed E-state index contributed by atoms with van der Waals surface area (Å²) in [6.07, 6.45) is 1.08. The second-order valence-electron chi connectivity index (χ2n) is 3.53. The van der Waals surface area contributed by atoms with Crippen molar-refractivity contribution in [1.29, 1.82) is 0 Å². The number of hydrogen-bond donors (Lipinski definition) is 2. The number of carboxylic acids is 1. The van der Waals surface area contributed by atoms with Gasteiger partial charge in [0.1, 0.15) is 6.61 Å². The minimum absolute atomic E-state index is 0.124. The molecular weight excluding hydrogens is 266 g/mol. The number of carbonyl (C=O) groups is 2. The van der Waals surface area contributed by atoms with Crippen LogP contribution in [0.2, 0.25) is 0 Å². The fourth-order valence-corrected chi connectivity index (χ4v) is 2.02. The van der Waals surface area contributed by atoms with Crippen LogP contribution in [0.4, 0.5) is 10.5 Å². The average molecular weight is 281 g/mol. The van der Waals surface area contributed by atoms with Crippen LogP contribution >= 0.6 is 11.8 Å². The van der Waals surface area contributed by atoms with Gasteiger partial charge in [-0.1, -0.05) is 12.7 Å². The Balaban J connectivity index is 2.40. The SMILES string of the molecule is C=CCOC(=O)Nc1ccc(SCCC(=O)O)cc1. The van der Waals surface area contributed by atoms with E-state index in [1.807, 2.05) is 12.1 Å². The number of amides is 1. The monoisotopic (exact) mass is 281 g/mol. The summed E-state index contributed by atoms with van der Waals surface area (Å²) < 4.78 is 4.78. The Hall–Kier alpha value is -1.95. The Labute approximate surface area is 115 Å². The lowest BCUT2D eigenvalue weighted by molar-refractivity contribution is -0.136. The van der Waals surface area contributed by atoms with Crippen LogP contribution in [-0.2, 0) is 9.53 Å². The van der Waals surface area contributed by atoms with E-state index in [0.717, 1.165) is 4.90 Å². The zero-order valence-electron chi connectivity index (χ0n) is 10.3. The molecule has 0 aliphatic heterocycles. The van der Waals surface area contributed by atoms with Gasteiger partial charge in [-0.15, -0.1) is 11.8 Å². The lowest BCUT2D eigenvalue weighted by Crippen LogP contribution is -2.13. The van der Waals surface area contributed by atoms with Crippen LogP contribution in [0.5, 0.6) is 0 Å². The van der Waals surface area contributed by atoms with Crippen molar-refractivity contribution in [3.05, 3.63) is 36.9 Å². The number of carboxylic acid groups (broad SMARTS) is 1. The maximum atomic E-state index is 11.3. The molecule has 0 aliphatic rings. The molecule has 0 aromatic heterocycles. The highest BCUT2D eigenvalue weighted by Gasteiger charge is 2.03. The van der Waals surface area contributed by atoms with E-state index in [-0.39, 0.29) is 13.0 Å². The highest BCUT2D eigenvalue weighted by atomic mass is 32.2. The van der Waals surface area contributed by atoms with Crippen LogP contribution in [0, 0.1) is 0 Å². The third kappa shape index (κ3) is 6.52. The van der Waals surface area contributed by atoms with Crippen molar-refractivity contribution in [3.8, 4) is 0 Å². The summed E-state index contributed by atoms with van der Waals surface area (Å²) in [5, 5.41) is 11.1. The molecule has 0 unspecified atom stereocenters. The zero-order valence-corrected chi connectivity index (χ0v) is 11.1. The van der Waals surface area contributed by atoms with E-state index in [1.165, 1.54) is 17.8 Å². The molecule has 0 spiro atoms. The topological polar surface area (TPSA) is 75.6 Å². The number of thioether (sulfide) groups is 1. The summed E-state index contributed by atoms with van der Waals surface area (Å²) in [4.78, 5) is 22.6. The van der Waals surface area contributed by atoms with E-state index in [0.29, 0.717) is 11.4 Å². The predicted molar refractivity (Wildman–Crippen MR) is 74.6 cm³/mol. The van der Waals surface area contributed by atoms with E-state index in [2.05, 4.69) is 11.9 Å². The fourth-order valence-electron chi connectivity index (χ4n) is 1.18. The van der Waals surface area contributed by atoms with E-state index >= 15 is 0 Å². The Bertz CT molecular complexity index is 444. The molecule has 0 fully saturated rings. The Morgan fingerprint density at radius 2 is 2.05 bits per heavy atom. The van der Waals surface area contributed by atoms with Crippen molar-refractivity contribution in [2.24, 2.45) is 0 Å². The summed E-state index contributed by atoms with van der Waals surface area (Å²) in [5.41, 5.74) is 0.622. The summed E-state index contributed by atoms with van der Waals surface area (Å²) in [6.45, 7) is 3.60. The molecule has 0 atom stereocenters. The second-order valence-corrected chi connectivity index (χ2v) is 4.70. The van der Waals surface area contributed by atoms with Crippen molar-refractivity contribution >= 4 is 29.5 Å². The quantitative estimate of drug-likeness (QED) is 0.593. The molecular formula is C13H15NO4S. The third-order valence-electron chi connectivity index (χ3n) is 2.02. The molecule has 2 N–H and O–H groups in total. The number of aliphatic carboxylic acids is 1. The van der Waals surface area contributed by atoms with Crippen molar-refractivity contribution in [2.45, 2.75) is 11.3 Å². The molecule has 102 valence electrons. The molecule has 19 heavy (non-hydrogen) atoms. The van der Waals surface area contributed by atoms with Gasteiger partial charge >= 0.3 is 12.1 Å². The summed E-state index contributed by atoms with van der Waals surface area (Å²) >= 11 is 1.45. The molecule has 1 rings (SSSR count). The van der Waals surface area contributed by atoms with Gasteiger partial charge in [0.2, 0.25) is 0 Å². The van der Waals surface area contributed by atoms with Gasteiger partial charge in [0.05, 0.1) is 6.42 Å². The van der Waals surface area contributed by atoms with Crippen molar-refractivity contribution in [3.63, 3.8) is 0 Å². The highest BCUT2D eigenvalue weighted by Crippen LogP contribution is 2.21. The predicted octanol–water partition coefficient (Wildman–Crippen LogP) is 2.99. The average Bonchev–Trinajstić information content (AvgIpc) is 2.38. The van der Waals surface area contributed by atoms with Crippen LogP contribution in [-0.4, -0.2) is 29.5 Å². The van der Waals surface area contributed by atoms with E-state index in [9.17, 15) is 9.59 Å². The standard InChI is InChI=1S/C13H15NO4S/c1-2-8-18-13(17)14-10-3-5-11(6-4-10)19-9-7-12(15)16/h2-6H,1,7-9H2,(H,14,17)(H,15,16). The molecule has 0 aliphatic carbocycles. The Morgan fingerprint density at radius 3 is 2.63 bits per heavy atom. The first-order chi connectivity index (χ1) is 9.11.